The van der Waals surface area contributed by atoms with E-state index in [2.05, 4.69) is 5.32 Å². The van der Waals surface area contributed by atoms with Crippen molar-refractivity contribution in [2.75, 3.05) is 31.6 Å². The number of carbonyl (C=O) groups excluding carboxylic acids is 2. The van der Waals surface area contributed by atoms with E-state index in [9.17, 15) is 9.59 Å². The van der Waals surface area contributed by atoms with Crippen LogP contribution in [0.15, 0.2) is 24.3 Å². The van der Waals surface area contributed by atoms with E-state index < -0.39 is 0 Å². The van der Waals surface area contributed by atoms with Gasteiger partial charge in [0.1, 0.15) is 6.61 Å². The Labute approximate surface area is 118 Å². The van der Waals surface area contributed by atoms with Crippen molar-refractivity contribution in [2.45, 2.75) is 19.8 Å². The molecule has 0 atom stereocenters. The SMILES string of the molecule is CCOCC(=O)Nc1ccc(C(=O)N2CCCC2)cc1. The zero-order chi connectivity index (χ0) is 14.4. The molecule has 0 saturated carbocycles. The molecule has 1 aromatic rings. The van der Waals surface area contributed by atoms with Crippen LogP contribution in [0.1, 0.15) is 30.1 Å². The Morgan fingerprint density at radius 3 is 2.45 bits per heavy atom. The minimum Gasteiger partial charge on any atom is -0.372 e. The standard InChI is InChI=1S/C15H20N2O3/c1-2-20-11-14(18)16-13-7-5-12(6-8-13)15(19)17-9-3-4-10-17/h5-8H,2-4,9-11H2,1H3,(H,16,18). The Morgan fingerprint density at radius 1 is 1.20 bits per heavy atom. The number of ether oxygens (including phenoxy) is 1. The number of hydrogen-bond donors (Lipinski definition) is 1. The van der Waals surface area contributed by atoms with Gasteiger partial charge in [0.05, 0.1) is 0 Å². The second-order valence-electron chi connectivity index (χ2n) is 4.76. The highest BCUT2D eigenvalue weighted by molar-refractivity contribution is 5.96. The van der Waals surface area contributed by atoms with Crippen LogP contribution in [-0.2, 0) is 9.53 Å². The molecule has 1 aromatic carbocycles. The molecule has 0 radical (unpaired) electrons. The minimum atomic E-state index is -0.189. The summed E-state index contributed by atoms with van der Waals surface area (Å²) >= 11 is 0. The normalized spacial score (nSPS) is 14.3. The van der Waals surface area contributed by atoms with Crippen molar-refractivity contribution in [1.82, 2.24) is 4.90 Å². The second-order valence-corrected chi connectivity index (χ2v) is 4.76. The summed E-state index contributed by atoms with van der Waals surface area (Å²) < 4.78 is 5.02. The van der Waals surface area contributed by atoms with Gasteiger partial charge in [-0.15, -0.1) is 0 Å². The van der Waals surface area contributed by atoms with E-state index >= 15 is 0 Å². The van der Waals surface area contributed by atoms with Gasteiger partial charge in [0.15, 0.2) is 0 Å². The lowest BCUT2D eigenvalue weighted by Crippen LogP contribution is -2.27. The Balaban J connectivity index is 1.92. The average Bonchev–Trinajstić information content (AvgIpc) is 2.99. The summed E-state index contributed by atoms with van der Waals surface area (Å²) in [6.45, 7) is 4.07. The first kappa shape index (κ1) is 14.5. The molecule has 108 valence electrons. The highest BCUT2D eigenvalue weighted by Gasteiger charge is 2.19. The molecule has 1 saturated heterocycles. The molecule has 20 heavy (non-hydrogen) atoms. The third kappa shape index (κ3) is 3.81. The van der Waals surface area contributed by atoms with Gasteiger partial charge in [-0.2, -0.15) is 0 Å². The molecule has 1 aliphatic heterocycles. The number of nitrogens with zero attached hydrogens (tertiary/aromatic N) is 1. The van der Waals surface area contributed by atoms with E-state index in [4.69, 9.17) is 4.74 Å². The fourth-order valence-corrected chi connectivity index (χ4v) is 2.19. The van der Waals surface area contributed by atoms with Crippen LogP contribution >= 0.6 is 0 Å². The summed E-state index contributed by atoms with van der Waals surface area (Å²) in [6, 6.07) is 6.98. The summed E-state index contributed by atoms with van der Waals surface area (Å²) in [4.78, 5) is 25.5. The van der Waals surface area contributed by atoms with Crippen LogP contribution in [0.4, 0.5) is 5.69 Å². The van der Waals surface area contributed by atoms with Gasteiger partial charge in [-0.25, -0.2) is 0 Å². The molecule has 0 aliphatic carbocycles. The first-order valence-electron chi connectivity index (χ1n) is 6.97. The molecule has 1 aliphatic rings. The molecular weight excluding hydrogens is 256 g/mol. The van der Waals surface area contributed by atoms with Crippen LogP contribution in [0.5, 0.6) is 0 Å². The van der Waals surface area contributed by atoms with Crippen molar-refractivity contribution in [2.24, 2.45) is 0 Å². The molecule has 5 nitrogen and oxygen atoms in total. The van der Waals surface area contributed by atoms with Gasteiger partial charge in [-0.3, -0.25) is 9.59 Å². The van der Waals surface area contributed by atoms with Crippen molar-refractivity contribution in [3.05, 3.63) is 29.8 Å². The average molecular weight is 276 g/mol. The van der Waals surface area contributed by atoms with E-state index in [1.165, 1.54) is 0 Å². The number of nitrogens with one attached hydrogen (secondary N) is 1. The fraction of sp³-hybridized carbons (Fsp3) is 0.467. The lowest BCUT2D eigenvalue weighted by Gasteiger charge is -2.15. The van der Waals surface area contributed by atoms with E-state index in [1.54, 1.807) is 24.3 Å². The van der Waals surface area contributed by atoms with Crippen LogP contribution in [0.3, 0.4) is 0 Å². The zero-order valence-electron chi connectivity index (χ0n) is 11.7. The van der Waals surface area contributed by atoms with Crippen molar-refractivity contribution in [3.63, 3.8) is 0 Å². The van der Waals surface area contributed by atoms with Gasteiger partial charge in [-0.05, 0) is 44.0 Å². The van der Waals surface area contributed by atoms with Crippen LogP contribution < -0.4 is 5.32 Å². The predicted molar refractivity (Wildman–Crippen MR) is 76.7 cm³/mol. The Bertz CT molecular complexity index is 465. The van der Waals surface area contributed by atoms with Crippen LogP contribution in [0.2, 0.25) is 0 Å². The molecule has 0 aromatic heterocycles. The molecule has 0 bridgehead atoms. The topological polar surface area (TPSA) is 58.6 Å². The number of carbonyl (C=O) groups is 2. The molecule has 1 N–H and O–H groups in total. The summed E-state index contributed by atoms with van der Waals surface area (Å²) in [7, 11) is 0. The number of rotatable bonds is 5. The first-order valence-corrected chi connectivity index (χ1v) is 6.97. The fourth-order valence-electron chi connectivity index (χ4n) is 2.19. The van der Waals surface area contributed by atoms with Gasteiger partial charge in [0.2, 0.25) is 5.91 Å². The third-order valence-electron chi connectivity index (χ3n) is 3.25. The van der Waals surface area contributed by atoms with E-state index in [0.717, 1.165) is 25.9 Å². The maximum absolute atomic E-state index is 12.1. The Morgan fingerprint density at radius 2 is 1.85 bits per heavy atom. The zero-order valence-corrected chi connectivity index (χ0v) is 11.7. The number of likely N-dealkylation sites (tertiary alicyclic amines) is 1. The van der Waals surface area contributed by atoms with Gasteiger partial charge < -0.3 is 15.0 Å². The highest BCUT2D eigenvalue weighted by Crippen LogP contribution is 2.15. The molecule has 1 fully saturated rings. The maximum atomic E-state index is 12.1. The molecular formula is C15H20N2O3. The van der Waals surface area contributed by atoms with Crippen molar-refractivity contribution < 1.29 is 14.3 Å². The lowest BCUT2D eigenvalue weighted by atomic mass is 10.2. The Kier molecular flexibility index (Phi) is 5.12. The van der Waals surface area contributed by atoms with Crippen molar-refractivity contribution in [1.29, 1.82) is 0 Å². The van der Waals surface area contributed by atoms with Crippen LogP contribution in [-0.4, -0.2) is 43.0 Å². The van der Waals surface area contributed by atoms with Crippen molar-refractivity contribution >= 4 is 17.5 Å². The van der Waals surface area contributed by atoms with Crippen LogP contribution in [0.25, 0.3) is 0 Å². The van der Waals surface area contributed by atoms with Gasteiger partial charge in [0, 0.05) is 30.9 Å². The molecule has 2 amide bonds. The summed E-state index contributed by atoms with van der Waals surface area (Å²) in [5, 5.41) is 2.72. The summed E-state index contributed by atoms with van der Waals surface area (Å²) in [5.74, 6) is -0.125. The molecule has 0 spiro atoms. The number of benzene rings is 1. The highest BCUT2D eigenvalue weighted by atomic mass is 16.5. The molecule has 1 heterocycles. The second kappa shape index (κ2) is 7.05. The quantitative estimate of drug-likeness (QED) is 0.893. The van der Waals surface area contributed by atoms with E-state index in [1.807, 2.05) is 11.8 Å². The third-order valence-corrected chi connectivity index (χ3v) is 3.25. The van der Waals surface area contributed by atoms with Gasteiger partial charge in [0.25, 0.3) is 5.91 Å². The maximum Gasteiger partial charge on any atom is 0.253 e. The number of amides is 2. The van der Waals surface area contributed by atoms with Gasteiger partial charge >= 0.3 is 0 Å². The van der Waals surface area contributed by atoms with E-state index in [-0.39, 0.29) is 18.4 Å². The minimum absolute atomic E-state index is 0.0466. The monoisotopic (exact) mass is 276 g/mol. The predicted octanol–water partition coefficient (Wildman–Crippen LogP) is 1.90. The Hall–Kier alpha value is -1.88. The molecule has 2 rings (SSSR count). The van der Waals surface area contributed by atoms with Gasteiger partial charge in [-0.1, -0.05) is 0 Å². The van der Waals surface area contributed by atoms with Crippen molar-refractivity contribution in [3.8, 4) is 0 Å². The summed E-state index contributed by atoms with van der Waals surface area (Å²) in [6.07, 6.45) is 2.16. The largest absolute Gasteiger partial charge is 0.372 e. The first-order chi connectivity index (χ1) is 9.70. The number of anilines is 1. The number of hydrogen-bond acceptors (Lipinski definition) is 3. The smallest absolute Gasteiger partial charge is 0.253 e. The van der Waals surface area contributed by atoms with Crippen LogP contribution in [0, 0.1) is 0 Å². The van der Waals surface area contributed by atoms with E-state index in [0.29, 0.717) is 17.9 Å². The lowest BCUT2D eigenvalue weighted by molar-refractivity contribution is -0.120. The summed E-state index contributed by atoms with van der Waals surface area (Å²) in [5.41, 5.74) is 1.34. The molecule has 0 unspecified atom stereocenters. The molecule has 5 heteroatoms.